The van der Waals surface area contributed by atoms with Gasteiger partial charge in [0.2, 0.25) is 0 Å². The Bertz CT molecular complexity index is 694. The molecule has 1 aliphatic rings. The number of rotatable bonds is 7. The van der Waals surface area contributed by atoms with Gasteiger partial charge in [0.15, 0.2) is 10.8 Å². The van der Waals surface area contributed by atoms with Gasteiger partial charge in [-0.1, -0.05) is 13.8 Å². The maximum atomic E-state index is 9.98. The van der Waals surface area contributed by atoms with Crippen LogP contribution in [-0.4, -0.2) is 34.9 Å². The van der Waals surface area contributed by atoms with Crippen molar-refractivity contribution >= 4 is 11.3 Å². The molecule has 2 N–H and O–H groups in total. The number of aryl methyl sites for hydroxylation is 1. The van der Waals surface area contributed by atoms with E-state index in [2.05, 4.69) is 24.1 Å². The minimum Gasteiger partial charge on any atom is -0.459 e. The van der Waals surface area contributed by atoms with Crippen LogP contribution in [0.25, 0.3) is 10.8 Å². The van der Waals surface area contributed by atoms with Crippen LogP contribution in [0, 0.1) is 12.3 Å². The van der Waals surface area contributed by atoms with Gasteiger partial charge in [0.05, 0.1) is 18.2 Å². The molecule has 1 saturated carbocycles. The number of nitrogens with zero attached hydrogens (tertiary/aromatic N) is 1. The van der Waals surface area contributed by atoms with Crippen LogP contribution in [0.4, 0.5) is 0 Å². The average Bonchev–Trinajstić information content (AvgIpc) is 3.19. The van der Waals surface area contributed by atoms with Crippen molar-refractivity contribution in [2.24, 2.45) is 5.41 Å². The maximum Gasteiger partial charge on any atom is 0.162 e. The van der Waals surface area contributed by atoms with Crippen molar-refractivity contribution in [3.63, 3.8) is 0 Å². The normalized spacial score (nSPS) is 25.6. The number of ether oxygens (including phenoxy) is 1. The van der Waals surface area contributed by atoms with Gasteiger partial charge in [-0.2, -0.15) is 0 Å². The third kappa shape index (κ3) is 2.92. The molecule has 6 heteroatoms. The summed E-state index contributed by atoms with van der Waals surface area (Å²) in [5, 5.41) is 14.4. The highest BCUT2D eigenvalue weighted by Crippen LogP contribution is 2.51. The van der Waals surface area contributed by atoms with E-state index < -0.39 is 0 Å². The molecule has 0 amide bonds. The topological polar surface area (TPSA) is 67.5 Å². The Balaban J connectivity index is 1.66. The van der Waals surface area contributed by atoms with Gasteiger partial charge in [-0.25, -0.2) is 4.98 Å². The highest BCUT2D eigenvalue weighted by Gasteiger charge is 2.60. The third-order valence-corrected chi connectivity index (χ3v) is 6.33. The third-order valence-electron chi connectivity index (χ3n) is 5.32. The quantitative estimate of drug-likeness (QED) is 0.801. The van der Waals surface area contributed by atoms with E-state index >= 15 is 0 Å². The summed E-state index contributed by atoms with van der Waals surface area (Å²) in [5.41, 5.74) is -0.415. The van der Waals surface area contributed by atoms with Crippen LogP contribution in [0.2, 0.25) is 0 Å². The minimum absolute atomic E-state index is 0.104. The average molecular weight is 350 g/mol. The molecule has 0 bridgehead atoms. The second kappa shape index (κ2) is 6.59. The van der Waals surface area contributed by atoms with E-state index in [-0.39, 0.29) is 23.7 Å². The molecule has 2 heterocycles. The smallest absolute Gasteiger partial charge is 0.162 e. The van der Waals surface area contributed by atoms with E-state index in [9.17, 15) is 5.11 Å². The molecular formula is C18H26N2O3S. The van der Waals surface area contributed by atoms with E-state index in [0.29, 0.717) is 13.2 Å². The highest BCUT2D eigenvalue weighted by atomic mass is 32.1. The molecule has 0 saturated heterocycles. The Hall–Kier alpha value is -1.21. The molecule has 0 radical (unpaired) electrons. The zero-order valence-corrected chi connectivity index (χ0v) is 15.6. The lowest BCUT2D eigenvalue weighted by molar-refractivity contribution is -0.177. The van der Waals surface area contributed by atoms with E-state index in [1.54, 1.807) is 11.3 Å². The maximum absolute atomic E-state index is 9.98. The van der Waals surface area contributed by atoms with Crippen LogP contribution in [0.1, 0.15) is 37.8 Å². The van der Waals surface area contributed by atoms with Crippen LogP contribution < -0.4 is 5.32 Å². The predicted octanol–water partition coefficient (Wildman–Crippen LogP) is 3.37. The van der Waals surface area contributed by atoms with E-state index in [1.807, 2.05) is 32.2 Å². The molecule has 0 spiro atoms. The fourth-order valence-electron chi connectivity index (χ4n) is 3.41. The Morgan fingerprint density at radius 2 is 2.25 bits per heavy atom. The van der Waals surface area contributed by atoms with Gasteiger partial charge in [0.1, 0.15) is 5.76 Å². The molecule has 2 aromatic rings. The number of aromatic nitrogens is 1. The number of aliphatic hydroxyl groups excluding tert-OH is 1. The number of aliphatic hydroxyl groups is 1. The van der Waals surface area contributed by atoms with Gasteiger partial charge in [-0.15, -0.1) is 11.3 Å². The SMILES string of the molecule is CCO[C@@H]1C[C@@](CO)(NCc2cnc(-c3ccc(C)o3)s2)C1(C)C. The second-order valence-corrected chi connectivity index (χ2v) is 8.12. The van der Waals surface area contributed by atoms with Crippen molar-refractivity contribution in [3.05, 3.63) is 29.0 Å². The van der Waals surface area contributed by atoms with Crippen molar-refractivity contribution in [1.82, 2.24) is 10.3 Å². The number of furan rings is 1. The Labute approximate surface area is 147 Å². The monoisotopic (exact) mass is 350 g/mol. The fourth-order valence-corrected chi connectivity index (χ4v) is 4.23. The first-order valence-electron chi connectivity index (χ1n) is 8.41. The molecule has 0 unspecified atom stereocenters. The molecule has 2 atom stereocenters. The number of hydrogen-bond acceptors (Lipinski definition) is 6. The summed E-state index contributed by atoms with van der Waals surface area (Å²) < 4.78 is 11.4. The van der Waals surface area contributed by atoms with Crippen LogP contribution in [0.15, 0.2) is 22.7 Å². The van der Waals surface area contributed by atoms with Gasteiger partial charge in [-0.3, -0.25) is 0 Å². The van der Waals surface area contributed by atoms with E-state index in [1.165, 1.54) is 0 Å². The van der Waals surface area contributed by atoms with Crippen LogP contribution in [-0.2, 0) is 11.3 Å². The summed E-state index contributed by atoms with van der Waals surface area (Å²) in [6, 6.07) is 3.89. The molecule has 5 nitrogen and oxygen atoms in total. The van der Waals surface area contributed by atoms with E-state index in [4.69, 9.17) is 9.15 Å². The molecule has 3 rings (SSSR count). The standard InChI is InChI=1S/C18H26N2O3S/c1-5-22-15-8-18(11-21,17(15,3)4)20-10-13-9-19-16(24-13)14-7-6-12(2)23-14/h6-7,9,15,20-21H,5,8,10-11H2,1-4H3/t15-,18+/m1/s1. The molecule has 0 aliphatic heterocycles. The molecule has 2 aromatic heterocycles. The first-order chi connectivity index (χ1) is 11.4. The summed E-state index contributed by atoms with van der Waals surface area (Å²) in [6.07, 6.45) is 2.89. The minimum atomic E-state index is -0.307. The Morgan fingerprint density at radius 3 is 2.83 bits per heavy atom. The van der Waals surface area contributed by atoms with Gasteiger partial charge in [0, 0.05) is 29.6 Å². The second-order valence-electron chi connectivity index (χ2n) is 7.01. The lowest BCUT2D eigenvalue weighted by atomic mass is 9.54. The van der Waals surface area contributed by atoms with Crippen molar-refractivity contribution in [2.45, 2.75) is 52.3 Å². The number of nitrogens with one attached hydrogen (secondary N) is 1. The molecule has 1 aliphatic carbocycles. The Morgan fingerprint density at radius 1 is 1.46 bits per heavy atom. The van der Waals surface area contributed by atoms with Gasteiger partial charge in [0.25, 0.3) is 0 Å². The fraction of sp³-hybridized carbons (Fsp3) is 0.611. The highest BCUT2D eigenvalue weighted by molar-refractivity contribution is 7.14. The number of thiazole rings is 1. The van der Waals surface area contributed by atoms with Crippen molar-refractivity contribution < 1.29 is 14.3 Å². The number of hydrogen-bond donors (Lipinski definition) is 2. The first kappa shape index (κ1) is 17.6. The van der Waals surface area contributed by atoms with Gasteiger partial charge in [-0.05, 0) is 32.4 Å². The molecule has 24 heavy (non-hydrogen) atoms. The Kier molecular flexibility index (Phi) is 4.84. The summed E-state index contributed by atoms with van der Waals surface area (Å²) in [4.78, 5) is 5.58. The van der Waals surface area contributed by atoms with Crippen LogP contribution in [0.5, 0.6) is 0 Å². The zero-order chi connectivity index (χ0) is 17.4. The van der Waals surface area contributed by atoms with Gasteiger partial charge >= 0.3 is 0 Å². The summed E-state index contributed by atoms with van der Waals surface area (Å²) in [5.74, 6) is 1.69. The van der Waals surface area contributed by atoms with Crippen LogP contribution >= 0.6 is 11.3 Å². The lowest BCUT2D eigenvalue weighted by Crippen LogP contribution is -2.73. The summed E-state index contributed by atoms with van der Waals surface area (Å²) in [7, 11) is 0. The summed E-state index contributed by atoms with van der Waals surface area (Å²) in [6.45, 7) is 9.74. The first-order valence-corrected chi connectivity index (χ1v) is 9.22. The predicted molar refractivity (Wildman–Crippen MR) is 95.0 cm³/mol. The molecule has 132 valence electrons. The van der Waals surface area contributed by atoms with Crippen LogP contribution in [0.3, 0.4) is 0 Å². The van der Waals surface area contributed by atoms with Gasteiger partial charge < -0.3 is 19.6 Å². The van der Waals surface area contributed by atoms with Crippen molar-refractivity contribution in [3.8, 4) is 10.8 Å². The van der Waals surface area contributed by atoms with Crippen molar-refractivity contribution in [1.29, 1.82) is 0 Å². The van der Waals surface area contributed by atoms with Crippen molar-refractivity contribution in [2.75, 3.05) is 13.2 Å². The summed E-state index contributed by atoms with van der Waals surface area (Å²) >= 11 is 1.62. The zero-order valence-electron chi connectivity index (χ0n) is 14.8. The van der Waals surface area contributed by atoms with E-state index in [0.717, 1.165) is 27.8 Å². The largest absolute Gasteiger partial charge is 0.459 e. The lowest BCUT2D eigenvalue weighted by Gasteiger charge is -2.60. The molecular weight excluding hydrogens is 324 g/mol. The molecule has 1 fully saturated rings. The molecule has 0 aromatic carbocycles.